The third kappa shape index (κ3) is 5.13. The monoisotopic (exact) mass is 420 g/mol. The van der Waals surface area contributed by atoms with Crippen molar-refractivity contribution in [3.63, 3.8) is 0 Å². The van der Waals surface area contributed by atoms with E-state index in [4.69, 9.17) is 4.74 Å². The van der Waals surface area contributed by atoms with Crippen molar-refractivity contribution in [3.8, 4) is 5.75 Å². The Bertz CT molecular complexity index is 990. The Morgan fingerprint density at radius 3 is 2.55 bits per heavy atom. The number of nitrogens with one attached hydrogen (secondary N) is 1. The molecule has 1 atom stereocenters. The van der Waals surface area contributed by atoms with Crippen LogP contribution in [0.25, 0.3) is 0 Å². The molecule has 1 saturated heterocycles. The highest BCUT2D eigenvalue weighted by Crippen LogP contribution is 2.21. The van der Waals surface area contributed by atoms with E-state index >= 15 is 0 Å². The van der Waals surface area contributed by atoms with Crippen LogP contribution < -0.4 is 9.46 Å². The number of likely N-dealkylation sites (tertiary alicyclic amines) is 1. The van der Waals surface area contributed by atoms with Crippen molar-refractivity contribution in [2.24, 2.45) is 0 Å². The van der Waals surface area contributed by atoms with Gasteiger partial charge in [0.25, 0.3) is 5.91 Å². The van der Waals surface area contributed by atoms with Crippen LogP contribution in [0.4, 0.5) is 4.39 Å². The number of aryl methyl sites for hydroxylation is 1. The van der Waals surface area contributed by atoms with Crippen LogP contribution in [-0.4, -0.2) is 44.5 Å². The highest BCUT2D eigenvalue weighted by molar-refractivity contribution is 7.89. The number of halogens is 1. The minimum absolute atomic E-state index is 0.0469. The topological polar surface area (TPSA) is 75.7 Å². The molecule has 1 aliphatic heterocycles. The standard InChI is InChI=1S/C21H25FN2O4S/c1-14(2)28-19-8-5-16(6-9-19)21(25)24-11-10-18(13-24)23-29(26,27)20-12-17(22)7-4-15(20)3/h4-9,12,14,18,23H,10-11,13H2,1-3H3/t18-/m1/s1. The number of hydrogen-bond donors (Lipinski definition) is 1. The van der Waals surface area contributed by atoms with E-state index in [9.17, 15) is 17.6 Å². The highest BCUT2D eigenvalue weighted by Gasteiger charge is 2.31. The lowest BCUT2D eigenvalue weighted by molar-refractivity contribution is 0.0790. The molecule has 29 heavy (non-hydrogen) atoms. The maximum Gasteiger partial charge on any atom is 0.253 e. The summed E-state index contributed by atoms with van der Waals surface area (Å²) in [5, 5.41) is 0. The van der Waals surface area contributed by atoms with E-state index in [1.54, 1.807) is 36.1 Å². The number of nitrogens with zero attached hydrogens (tertiary/aromatic N) is 1. The predicted molar refractivity (Wildman–Crippen MR) is 108 cm³/mol. The molecule has 0 radical (unpaired) electrons. The lowest BCUT2D eigenvalue weighted by atomic mass is 10.2. The van der Waals surface area contributed by atoms with Crippen molar-refractivity contribution in [2.75, 3.05) is 13.1 Å². The number of ether oxygens (including phenoxy) is 1. The van der Waals surface area contributed by atoms with Gasteiger partial charge in [-0.25, -0.2) is 17.5 Å². The molecule has 1 fully saturated rings. The van der Waals surface area contributed by atoms with E-state index in [2.05, 4.69) is 4.72 Å². The average Bonchev–Trinajstić information content (AvgIpc) is 3.11. The van der Waals surface area contributed by atoms with Gasteiger partial charge >= 0.3 is 0 Å². The zero-order valence-electron chi connectivity index (χ0n) is 16.7. The minimum atomic E-state index is -3.87. The van der Waals surface area contributed by atoms with Crippen molar-refractivity contribution in [2.45, 2.75) is 44.2 Å². The lowest BCUT2D eigenvalue weighted by Crippen LogP contribution is -2.38. The van der Waals surface area contributed by atoms with Gasteiger partial charge in [-0.1, -0.05) is 6.07 Å². The number of carbonyl (C=O) groups is 1. The molecule has 0 aliphatic carbocycles. The Labute approximate surface area is 170 Å². The van der Waals surface area contributed by atoms with Crippen molar-refractivity contribution in [3.05, 3.63) is 59.4 Å². The van der Waals surface area contributed by atoms with Crippen LogP contribution in [-0.2, 0) is 10.0 Å². The van der Waals surface area contributed by atoms with Crippen LogP contribution in [0.15, 0.2) is 47.4 Å². The molecular formula is C21H25FN2O4S. The van der Waals surface area contributed by atoms with Gasteiger partial charge in [0.15, 0.2) is 0 Å². The quantitative estimate of drug-likeness (QED) is 0.779. The van der Waals surface area contributed by atoms with E-state index in [-0.39, 0.29) is 23.5 Å². The molecule has 3 rings (SSSR count). The fraction of sp³-hybridized carbons (Fsp3) is 0.381. The normalized spacial score (nSPS) is 17.0. The van der Waals surface area contributed by atoms with Crippen LogP contribution in [0.1, 0.15) is 36.2 Å². The lowest BCUT2D eigenvalue weighted by Gasteiger charge is -2.18. The Kier molecular flexibility index (Phi) is 6.24. The van der Waals surface area contributed by atoms with Crippen molar-refractivity contribution in [1.29, 1.82) is 0 Å². The maximum absolute atomic E-state index is 13.5. The van der Waals surface area contributed by atoms with Gasteiger partial charge in [0.2, 0.25) is 10.0 Å². The second-order valence-corrected chi connectivity index (χ2v) is 9.14. The number of carbonyl (C=O) groups excluding carboxylic acids is 1. The molecule has 0 saturated carbocycles. The summed E-state index contributed by atoms with van der Waals surface area (Å²) in [6.45, 7) is 6.17. The first-order valence-corrected chi connectivity index (χ1v) is 11.0. The number of amides is 1. The minimum Gasteiger partial charge on any atom is -0.491 e. The molecule has 0 bridgehead atoms. The van der Waals surface area contributed by atoms with E-state index in [1.807, 2.05) is 13.8 Å². The summed E-state index contributed by atoms with van der Waals surface area (Å²) in [5.74, 6) is -0.0807. The molecular weight excluding hydrogens is 395 g/mol. The van der Waals surface area contributed by atoms with Gasteiger partial charge in [-0.05, 0) is 69.2 Å². The highest BCUT2D eigenvalue weighted by atomic mass is 32.2. The van der Waals surface area contributed by atoms with Crippen LogP contribution in [0.2, 0.25) is 0 Å². The zero-order valence-corrected chi connectivity index (χ0v) is 17.5. The zero-order chi connectivity index (χ0) is 21.2. The fourth-order valence-electron chi connectivity index (χ4n) is 3.32. The molecule has 0 spiro atoms. The largest absolute Gasteiger partial charge is 0.491 e. The van der Waals surface area contributed by atoms with Gasteiger partial charge in [0.1, 0.15) is 11.6 Å². The summed E-state index contributed by atoms with van der Waals surface area (Å²) in [6.07, 6.45) is 0.541. The summed E-state index contributed by atoms with van der Waals surface area (Å²) in [7, 11) is -3.87. The maximum atomic E-state index is 13.5. The van der Waals surface area contributed by atoms with Crippen LogP contribution in [0.3, 0.4) is 0 Å². The Hall–Kier alpha value is -2.45. The van der Waals surface area contributed by atoms with Gasteiger partial charge < -0.3 is 9.64 Å². The molecule has 1 heterocycles. The van der Waals surface area contributed by atoms with Gasteiger partial charge in [-0.15, -0.1) is 0 Å². The third-order valence-electron chi connectivity index (χ3n) is 4.71. The first-order valence-electron chi connectivity index (χ1n) is 9.50. The summed E-state index contributed by atoms with van der Waals surface area (Å²) >= 11 is 0. The first-order chi connectivity index (χ1) is 13.7. The number of hydrogen-bond acceptors (Lipinski definition) is 4. The molecule has 8 heteroatoms. The molecule has 156 valence electrons. The molecule has 6 nitrogen and oxygen atoms in total. The summed E-state index contributed by atoms with van der Waals surface area (Å²) < 4.78 is 46.9. The second-order valence-electron chi connectivity index (χ2n) is 7.46. The first kappa shape index (κ1) is 21.3. The van der Waals surface area contributed by atoms with E-state index in [1.165, 1.54) is 12.1 Å². The van der Waals surface area contributed by atoms with Gasteiger partial charge in [-0.2, -0.15) is 0 Å². The molecule has 1 N–H and O–H groups in total. The van der Waals surface area contributed by atoms with Crippen molar-refractivity contribution < 1.29 is 22.3 Å². The Balaban J connectivity index is 1.65. The third-order valence-corrected chi connectivity index (χ3v) is 6.37. The molecule has 2 aromatic rings. The van der Waals surface area contributed by atoms with Gasteiger partial charge in [-0.3, -0.25) is 4.79 Å². The van der Waals surface area contributed by atoms with E-state index in [0.717, 1.165) is 6.07 Å². The summed E-state index contributed by atoms with van der Waals surface area (Å²) in [5.41, 5.74) is 0.985. The SMILES string of the molecule is Cc1ccc(F)cc1S(=O)(=O)N[C@@H]1CCN(C(=O)c2ccc(OC(C)C)cc2)C1. The van der Waals surface area contributed by atoms with Gasteiger partial charge in [0.05, 0.1) is 11.0 Å². The summed E-state index contributed by atoms with van der Waals surface area (Å²) in [4.78, 5) is 14.3. The summed E-state index contributed by atoms with van der Waals surface area (Å²) in [6, 6.07) is 10.1. The molecule has 0 aromatic heterocycles. The Morgan fingerprint density at radius 2 is 1.90 bits per heavy atom. The van der Waals surface area contributed by atoms with Crippen LogP contribution >= 0.6 is 0 Å². The average molecular weight is 421 g/mol. The second kappa shape index (κ2) is 8.51. The van der Waals surface area contributed by atoms with Gasteiger partial charge in [0, 0.05) is 24.7 Å². The predicted octanol–water partition coefficient (Wildman–Crippen LogP) is 3.11. The van der Waals surface area contributed by atoms with Crippen molar-refractivity contribution >= 4 is 15.9 Å². The number of benzene rings is 2. The van der Waals surface area contributed by atoms with E-state index < -0.39 is 21.9 Å². The fourth-order valence-corrected chi connectivity index (χ4v) is 4.84. The van der Waals surface area contributed by atoms with Crippen LogP contribution in [0.5, 0.6) is 5.75 Å². The van der Waals surface area contributed by atoms with Crippen molar-refractivity contribution in [1.82, 2.24) is 9.62 Å². The molecule has 1 amide bonds. The molecule has 2 aromatic carbocycles. The van der Waals surface area contributed by atoms with Crippen LogP contribution in [0, 0.1) is 12.7 Å². The Morgan fingerprint density at radius 1 is 1.21 bits per heavy atom. The van der Waals surface area contributed by atoms with E-state index in [0.29, 0.717) is 29.8 Å². The number of rotatable bonds is 6. The molecule has 0 unspecified atom stereocenters. The smallest absolute Gasteiger partial charge is 0.253 e. The molecule has 1 aliphatic rings. The number of sulfonamides is 1.